The van der Waals surface area contributed by atoms with Crippen molar-refractivity contribution in [3.05, 3.63) is 84.3 Å². The van der Waals surface area contributed by atoms with Crippen LogP contribution in [0.15, 0.2) is 66.9 Å². The van der Waals surface area contributed by atoms with Gasteiger partial charge in [0.25, 0.3) is 0 Å². The molecule has 0 unspecified atom stereocenters. The molecule has 1 aliphatic heterocycles. The van der Waals surface area contributed by atoms with E-state index in [9.17, 15) is 0 Å². The third-order valence-electron chi connectivity index (χ3n) is 6.35. The normalized spacial score (nSPS) is 12.1. The largest absolute Gasteiger partial charge is 0.492 e. The van der Waals surface area contributed by atoms with Gasteiger partial charge < -0.3 is 4.74 Å². The van der Waals surface area contributed by atoms with E-state index >= 15 is 0 Å². The minimum atomic E-state index is 0. The monoisotopic (exact) mass is 590 g/mol. The topological polar surface area (TPSA) is 35.0 Å². The third-order valence-corrected chi connectivity index (χ3v) is 6.35. The Balaban J connectivity index is 0.00000196. The van der Waals surface area contributed by atoms with E-state index in [1.807, 2.05) is 25.3 Å². The maximum atomic E-state index is 6.49. The van der Waals surface area contributed by atoms with Gasteiger partial charge in [-0.3, -0.25) is 9.97 Å². The van der Waals surface area contributed by atoms with E-state index in [0.29, 0.717) is 0 Å². The molecule has 32 heavy (non-hydrogen) atoms. The quantitative estimate of drug-likeness (QED) is 0.138. The van der Waals surface area contributed by atoms with Gasteiger partial charge in [-0.25, -0.2) is 0 Å². The Hall–Kier alpha value is -3.33. The van der Waals surface area contributed by atoms with E-state index in [4.69, 9.17) is 9.72 Å². The van der Waals surface area contributed by atoms with Crippen LogP contribution < -0.4 is 4.74 Å². The van der Waals surface area contributed by atoms with Crippen LogP contribution in [0.25, 0.3) is 54.3 Å². The van der Waals surface area contributed by atoms with Gasteiger partial charge in [-0.15, -0.1) is 17.5 Å². The van der Waals surface area contributed by atoms with Crippen molar-refractivity contribution in [1.82, 2.24) is 9.97 Å². The van der Waals surface area contributed by atoms with E-state index in [2.05, 4.69) is 66.5 Å². The summed E-state index contributed by atoms with van der Waals surface area (Å²) in [6, 6.07) is 24.7. The van der Waals surface area contributed by atoms with Crippen LogP contribution in [-0.4, -0.2) is 9.97 Å². The number of benzene rings is 4. The summed E-state index contributed by atoms with van der Waals surface area (Å²) >= 11 is 0. The zero-order valence-corrected chi connectivity index (χ0v) is 19.9. The number of aromatic nitrogens is 2. The standard InChI is InChI=1S/C28H17N2O.Ir/c1-15-11-22-19(16(2)30-15)7-8-20-21-9-10-29-28-24-12-17-5-3-4-6-18(17)13-25(24)31-26(27(21)28)14-23(20)22;/h3-11,13-14H,1-2H3;/q-1;. The molecule has 0 N–H and O–H groups in total. The van der Waals surface area contributed by atoms with Crippen LogP contribution in [0.2, 0.25) is 0 Å². The summed E-state index contributed by atoms with van der Waals surface area (Å²) in [5.74, 6) is 1.65. The molecule has 0 saturated heterocycles. The number of ether oxygens (including phenoxy) is 1. The van der Waals surface area contributed by atoms with Crippen molar-refractivity contribution in [1.29, 1.82) is 0 Å². The average molecular weight is 590 g/mol. The number of rotatable bonds is 0. The summed E-state index contributed by atoms with van der Waals surface area (Å²) in [6.45, 7) is 4.12. The van der Waals surface area contributed by atoms with Crippen molar-refractivity contribution < 1.29 is 24.8 Å². The summed E-state index contributed by atoms with van der Waals surface area (Å²) in [7, 11) is 0. The summed E-state index contributed by atoms with van der Waals surface area (Å²) < 4.78 is 6.49. The molecular weight excluding hydrogens is 573 g/mol. The fourth-order valence-corrected chi connectivity index (χ4v) is 4.99. The number of nitrogens with zero attached hydrogens (tertiary/aromatic N) is 2. The van der Waals surface area contributed by atoms with Crippen molar-refractivity contribution >= 4 is 43.1 Å². The van der Waals surface area contributed by atoms with E-state index in [1.54, 1.807) is 0 Å². The molecule has 0 aliphatic carbocycles. The van der Waals surface area contributed by atoms with Gasteiger partial charge in [-0.05, 0) is 53.6 Å². The number of aryl methyl sites for hydroxylation is 2. The van der Waals surface area contributed by atoms with Crippen molar-refractivity contribution in [3.63, 3.8) is 0 Å². The Labute approximate surface area is 198 Å². The molecule has 2 aromatic heterocycles. The zero-order chi connectivity index (χ0) is 20.7. The van der Waals surface area contributed by atoms with Crippen molar-refractivity contribution in [3.8, 4) is 22.8 Å². The van der Waals surface area contributed by atoms with E-state index in [0.717, 1.165) is 55.7 Å². The smallest absolute Gasteiger partial charge is 0.120 e. The first-order chi connectivity index (χ1) is 15.2. The fraction of sp³-hybridized carbons (Fsp3) is 0.0714. The van der Waals surface area contributed by atoms with Crippen LogP contribution in [0.4, 0.5) is 0 Å². The van der Waals surface area contributed by atoms with Crippen molar-refractivity contribution in [2.45, 2.75) is 13.8 Å². The average Bonchev–Trinajstić information content (AvgIpc) is 2.78. The maximum absolute atomic E-state index is 6.49. The predicted octanol–water partition coefficient (Wildman–Crippen LogP) is 7.28. The van der Waals surface area contributed by atoms with Crippen LogP contribution >= 0.6 is 0 Å². The molecule has 3 nitrogen and oxygen atoms in total. The Morgan fingerprint density at radius 3 is 2.50 bits per heavy atom. The second-order valence-corrected chi connectivity index (χ2v) is 8.26. The molecular formula is C28H17IrN2O-. The van der Waals surface area contributed by atoms with Crippen LogP contribution in [0.5, 0.6) is 11.5 Å². The maximum Gasteiger partial charge on any atom is 0.120 e. The minimum absolute atomic E-state index is 0. The van der Waals surface area contributed by atoms with Crippen molar-refractivity contribution in [2.24, 2.45) is 0 Å². The Bertz CT molecular complexity index is 1740. The summed E-state index contributed by atoms with van der Waals surface area (Å²) in [6.07, 6.45) is 1.90. The number of pyridine rings is 2. The predicted molar refractivity (Wildman–Crippen MR) is 126 cm³/mol. The van der Waals surface area contributed by atoms with Gasteiger partial charge in [0.15, 0.2) is 0 Å². The number of fused-ring (bicyclic) bond motifs is 7. The van der Waals surface area contributed by atoms with Crippen LogP contribution in [0, 0.1) is 19.9 Å². The molecule has 0 bridgehead atoms. The first kappa shape index (κ1) is 19.4. The minimum Gasteiger partial charge on any atom is -0.492 e. The van der Waals surface area contributed by atoms with E-state index in [-0.39, 0.29) is 20.1 Å². The number of hydrogen-bond donors (Lipinski definition) is 0. The molecule has 0 saturated carbocycles. The van der Waals surface area contributed by atoms with E-state index in [1.165, 1.54) is 21.5 Å². The molecule has 3 heterocycles. The van der Waals surface area contributed by atoms with Gasteiger partial charge in [-0.1, -0.05) is 47.3 Å². The fourth-order valence-electron chi connectivity index (χ4n) is 4.99. The Kier molecular flexibility index (Phi) is 4.13. The molecule has 4 aromatic carbocycles. The van der Waals surface area contributed by atoms with Gasteiger partial charge in [-0.2, -0.15) is 0 Å². The molecule has 1 aliphatic rings. The number of hydrogen-bond acceptors (Lipinski definition) is 3. The third kappa shape index (κ3) is 2.57. The first-order valence-corrected chi connectivity index (χ1v) is 10.4. The van der Waals surface area contributed by atoms with Gasteiger partial charge >= 0.3 is 0 Å². The van der Waals surface area contributed by atoms with Crippen LogP contribution in [0.3, 0.4) is 0 Å². The molecule has 0 spiro atoms. The Morgan fingerprint density at radius 2 is 1.59 bits per heavy atom. The molecule has 0 fully saturated rings. The molecule has 4 heteroatoms. The second-order valence-electron chi connectivity index (χ2n) is 8.26. The van der Waals surface area contributed by atoms with Gasteiger partial charge in [0.1, 0.15) is 5.75 Å². The molecule has 155 valence electrons. The Morgan fingerprint density at radius 1 is 0.781 bits per heavy atom. The second kappa shape index (κ2) is 6.83. The van der Waals surface area contributed by atoms with Crippen LogP contribution in [0.1, 0.15) is 11.4 Å². The molecule has 1 radical (unpaired) electrons. The molecule has 7 rings (SSSR count). The zero-order valence-electron chi connectivity index (χ0n) is 17.5. The SMILES string of the molecule is Cc1cc2c(ccc3c4ccnc5c4c(cc23)Oc2cc3ccccc3[c-]c2-5)c(C)n1.[Ir]. The van der Waals surface area contributed by atoms with Gasteiger partial charge in [0, 0.05) is 54.2 Å². The first-order valence-electron chi connectivity index (χ1n) is 10.4. The summed E-state index contributed by atoms with van der Waals surface area (Å²) in [4.78, 5) is 9.41. The molecule has 0 atom stereocenters. The van der Waals surface area contributed by atoms with Crippen molar-refractivity contribution in [2.75, 3.05) is 0 Å². The van der Waals surface area contributed by atoms with E-state index < -0.39 is 0 Å². The molecule has 0 amide bonds. The molecule has 6 aromatic rings. The van der Waals surface area contributed by atoms with Crippen LogP contribution in [-0.2, 0) is 20.1 Å². The summed E-state index contributed by atoms with van der Waals surface area (Å²) in [5, 5.41) is 9.15. The van der Waals surface area contributed by atoms with Gasteiger partial charge in [0.05, 0.1) is 5.75 Å². The summed E-state index contributed by atoms with van der Waals surface area (Å²) in [5.41, 5.74) is 3.93. The van der Waals surface area contributed by atoms with Gasteiger partial charge in [0.2, 0.25) is 0 Å².